The number of hydrogen-bond donors (Lipinski definition) is 0. The number of aryl methyl sites for hydroxylation is 2. The molecule has 1 aliphatic carbocycles. The minimum atomic E-state index is 0.581. The van der Waals surface area contributed by atoms with Gasteiger partial charge in [-0.3, -0.25) is 4.99 Å². The first-order valence-electron chi connectivity index (χ1n) is 10.4. The minimum Gasteiger partial charge on any atom is -0.496 e. The van der Waals surface area contributed by atoms with E-state index in [0.29, 0.717) is 6.04 Å². The Morgan fingerprint density at radius 3 is 2.31 bits per heavy atom. The van der Waals surface area contributed by atoms with Gasteiger partial charge >= 0.3 is 0 Å². The van der Waals surface area contributed by atoms with E-state index in [1.807, 2.05) is 0 Å². The van der Waals surface area contributed by atoms with Gasteiger partial charge in [-0.05, 0) is 68.2 Å². The molecule has 0 unspecified atom stereocenters. The standard InChI is InChI=1S/C23H34N2O/c1-6-18-15-25(19(7-2)8-3)21(9-4)23(24-18)20-13-16-11-10-12-17(16)14-22(20)26-5/h13-14,19H,6-12,15H2,1-5H3. The maximum atomic E-state index is 5.81. The molecule has 0 N–H and O–H groups in total. The van der Waals surface area contributed by atoms with Crippen LogP contribution in [-0.4, -0.2) is 30.3 Å². The van der Waals surface area contributed by atoms with Crippen molar-refractivity contribution in [2.45, 2.75) is 78.7 Å². The number of nitrogens with zero attached hydrogens (tertiary/aromatic N) is 2. The monoisotopic (exact) mass is 354 g/mol. The van der Waals surface area contributed by atoms with E-state index in [9.17, 15) is 0 Å². The molecule has 2 aliphatic rings. The number of aliphatic imine (C=N–C) groups is 1. The summed E-state index contributed by atoms with van der Waals surface area (Å²) in [5.74, 6) is 0.984. The van der Waals surface area contributed by atoms with Crippen LogP contribution in [0.1, 0.15) is 76.5 Å². The van der Waals surface area contributed by atoms with Crippen molar-refractivity contribution < 1.29 is 4.74 Å². The number of hydrogen-bond acceptors (Lipinski definition) is 3. The van der Waals surface area contributed by atoms with Crippen molar-refractivity contribution in [3.05, 3.63) is 34.5 Å². The zero-order valence-electron chi connectivity index (χ0n) is 17.2. The highest BCUT2D eigenvalue weighted by Crippen LogP contribution is 2.39. The SMILES string of the molecule is CCC1=NC(c2cc3c(cc2OC)CCC3)=C(CC)N(C(CC)CC)C1. The first kappa shape index (κ1) is 19.0. The average molecular weight is 355 g/mol. The van der Waals surface area contributed by atoms with E-state index in [2.05, 4.69) is 44.7 Å². The fourth-order valence-corrected chi connectivity index (χ4v) is 4.50. The smallest absolute Gasteiger partial charge is 0.128 e. The Morgan fingerprint density at radius 1 is 1.04 bits per heavy atom. The molecule has 142 valence electrons. The molecule has 3 heteroatoms. The van der Waals surface area contributed by atoms with Crippen LogP contribution in [0, 0.1) is 0 Å². The van der Waals surface area contributed by atoms with Crippen molar-refractivity contribution in [2.24, 2.45) is 4.99 Å². The molecule has 0 amide bonds. The summed E-state index contributed by atoms with van der Waals surface area (Å²) < 4.78 is 5.81. The molecule has 0 saturated carbocycles. The fourth-order valence-electron chi connectivity index (χ4n) is 4.50. The summed E-state index contributed by atoms with van der Waals surface area (Å²) in [7, 11) is 1.79. The third-order valence-corrected chi connectivity index (χ3v) is 6.04. The summed E-state index contributed by atoms with van der Waals surface area (Å²) in [6.45, 7) is 10.1. The van der Waals surface area contributed by atoms with Gasteiger partial charge in [-0.2, -0.15) is 0 Å². The van der Waals surface area contributed by atoms with Crippen molar-refractivity contribution in [2.75, 3.05) is 13.7 Å². The molecule has 0 atom stereocenters. The molecule has 0 bridgehead atoms. The number of allylic oxidation sites excluding steroid dienone is 1. The van der Waals surface area contributed by atoms with Crippen LogP contribution in [0.25, 0.3) is 5.70 Å². The minimum absolute atomic E-state index is 0.581. The zero-order chi connectivity index (χ0) is 18.7. The lowest BCUT2D eigenvalue weighted by atomic mass is 9.97. The van der Waals surface area contributed by atoms with Gasteiger partial charge in [0.05, 0.1) is 19.4 Å². The number of rotatable bonds is 7. The molecular weight excluding hydrogens is 320 g/mol. The molecule has 0 spiro atoms. The topological polar surface area (TPSA) is 24.8 Å². The first-order valence-corrected chi connectivity index (χ1v) is 10.4. The Labute approximate surface area is 159 Å². The van der Waals surface area contributed by atoms with E-state index in [1.165, 1.54) is 60.2 Å². The van der Waals surface area contributed by atoms with Crippen LogP contribution in [0.2, 0.25) is 0 Å². The summed E-state index contributed by atoms with van der Waals surface area (Å²) in [6.07, 6.45) is 7.97. The summed E-state index contributed by atoms with van der Waals surface area (Å²) in [6, 6.07) is 5.20. The molecule has 1 heterocycles. The number of methoxy groups -OCH3 is 1. The molecule has 3 rings (SSSR count). The molecule has 1 aromatic carbocycles. The summed E-state index contributed by atoms with van der Waals surface area (Å²) in [5.41, 5.74) is 7.94. The molecular formula is C23H34N2O. The maximum Gasteiger partial charge on any atom is 0.128 e. The van der Waals surface area contributed by atoms with Crippen molar-refractivity contribution in [3.8, 4) is 5.75 Å². The highest BCUT2D eigenvalue weighted by molar-refractivity contribution is 5.94. The normalized spacial score (nSPS) is 17.0. The second-order valence-corrected chi connectivity index (χ2v) is 7.45. The highest BCUT2D eigenvalue weighted by Gasteiger charge is 2.28. The lowest BCUT2D eigenvalue weighted by Gasteiger charge is -2.38. The third-order valence-electron chi connectivity index (χ3n) is 6.04. The van der Waals surface area contributed by atoms with E-state index in [-0.39, 0.29) is 0 Å². The summed E-state index contributed by atoms with van der Waals surface area (Å²) >= 11 is 0. The average Bonchev–Trinajstić information content (AvgIpc) is 3.14. The quantitative estimate of drug-likeness (QED) is 0.635. The Bertz CT molecular complexity index is 713. The molecule has 1 aliphatic heterocycles. The molecule has 0 radical (unpaired) electrons. The van der Waals surface area contributed by atoms with Crippen molar-refractivity contribution >= 4 is 11.4 Å². The lowest BCUT2D eigenvalue weighted by molar-refractivity contribution is 0.259. The van der Waals surface area contributed by atoms with Crippen LogP contribution >= 0.6 is 0 Å². The van der Waals surface area contributed by atoms with Gasteiger partial charge in [-0.25, -0.2) is 0 Å². The van der Waals surface area contributed by atoms with Crippen LogP contribution in [0.15, 0.2) is 22.8 Å². The first-order chi connectivity index (χ1) is 12.7. The van der Waals surface area contributed by atoms with Gasteiger partial charge in [-0.15, -0.1) is 0 Å². The van der Waals surface area contributed by atoms with Crippen molar-refractivity contribution in [1.82, 2.24) is 4.90 Å². The Balaban J connectivity index is 2.17. The van der Waals surface area contributed by atoms with Gasteiger partial charge in [-0.1, -0.05) is 27.7 Å². The lowest BCUT2D eigenvalue weighted by Crippen LogP contribution is -2.40. The molecule has 3 nitrogen and oxygen atoms in total. The van der Waals surface area contributed by atoms with E-state index in [1.54, 1.807) is 7.11 Å². The van der Waals surface area contributed by atoms with E-state index < -0.39 is 0 Å². The zero-order valence-corrected chi connectivity index (χ0v) is 17.2. The predicted molar refractivity (Wildman–Crippen MR) is 111 cm³/mol. The van der Waals surface area contributed by atoms with Gasteiger partial charge in [0.1, 0.15) is 5.75 Å². The number of ether oxygens (including phenoxy) is 1. The van der Waals surface area contributed by atoms with Crippen LogP contribution in [0.3, 0.4) is 0 Å². The van der Waals surface area contributed by atoms with Crippen molar-refractivity contribution in [1.29, 1.82) is 0 Å². The number of fused-ring (bicyclic) bond motifs is 1. The Morgan fingerprint density at radius 2 is 1.73 bits per heavy atom. The summed E-state index contributed by atoms with van der Waals surface area (Å²) in [4.78, 5) is 7.75. The van der Waals surface area contributed by atoms with Gasteiger partial charge < -0.3 is 9.64 Å². The molecule has 0 fully saturated rings. The Hall–Kier alpha value is -1.77. The second kappa shape index (κ2) is 8.28. The number of benzene rings is 1. The van der Waals surface area contributed by atoms with E-state index in [0.717, 1.165) is 30.8 Å². The molecule has 0 aromatic heterocycles. The molecule has 1 aromatic rings. The van der Waals surface area contributed by atoms with E-state index >= 15 is 0 Å². The van der Waals surface area contributed by atoms with E-state index in [4.69, 9.17) is 9.73 Å². The van der Waals surface area contributed by atoms with Gasteiger partial charge in [0.25, 0.3) is 0 Å². The summed E-state index contributed by atoms with van der Waals surface area (Å²) in [5, 5.41) is 0. The van der Waals surface area contributed by atoms with Crippen LogP contribution in [-0.2, 0) is 12.8 Å². The van der Waals surface area contributed by atoms with Gasteiger partial charge in [0.15, 0.2) is 0 Å². The second-order valence-electron chi connectivity index (χ2n) is 7.45. The maximum absolute atomic E-state index is 5.81. The molecule has 0 saturated heterocycles. The van der Waals surface area contributed by atoms with Crippen LogP contribution in [0.4, 0.5) is 0 Å². The van der Waals surface area contributed by atoms with Crippen molar-refractivity contribution in [3.63, 3.8) is 0 Å². The Kier molecular flexibility index (Phi) is 6.05. The third kappa shape index (κ3) is 3.41. The molecule has 26 heavy (non-hydrogen) atoms. The fraction of sp³-hybridized carbons (Fsp3) is 0.609. The largest absolute Gasteiger partial charge is 0.496 e. The predicted octanol–water partition coefficient (Wildman–Crippen LogP) is 5.62. The van der Waals surface area contributed by atoms with Gasteiger partial charge in [0.2, 0.25) is 0 Å². The highest BCUT2D eigenvalue weighted by atomic mass is 16.5. The van der Waals surface area contributed by atoms with Crippen LogP contribution in [0.5, 0.6) is 5.75 Å². The van der Waals surface area contributed by atoms with Crippen LogP contribution < -0.4 is 4.74 Å². The van der Waals surface area contributed by atoms with Gasteiger partial charge in [0, 0.05) is 23.0 Å².